The first-order valence-corrected chi connectivity index (χ1v) is 11.1. The van der Waals surface area contributed by atoms with Crippen molar-refractivity contribution in [1.29, 1.82) is 0 Å². The van der Waals surface area contributed by atoms with Gasteiger partial charge in [-0.15, -0.1) is 17.0 Å². The molecule has 0 amide bonds. The van der Waals surface area contributed by atoms with Crippen LogP contribution in [0.2, 0.25) is 0 Å². The summed E-state index contributed by atoms with van der Waals surface area (Å²) < 4.78 is 0. The number of rotatable bonds is 17. The fourth-order valence-electron chi connectivity index (χ4n) is 3.55. The Hall–Kier alpha value is -0.280. The second-order valence-corrected chi connectivity index (χ2v) is 7.66. The first kappa shape index (κ1) is 25.7. The largest absolute Gasteiger partial charge is 0.396 e. The van der Waals surface area contributed by atoms with Crippen LogP contribution in [0.3, 0.4) is 0 Å². The van der Waals surface area contributed by atoms with Crippen LogP contribution in [0.1, 0.15) is 103 Å². The summed E-state index contributed by atoms with van der Waals surface area (Å²) in [6.07, 6.45) is 27.3. The molecule has 0 unspecified atom stereocenters. The minimum Gasteiger partial charge on any atom is -0.396 e. The number of halogens is 1. The molecule has 1 rings (SSSR count). The number of nitrogens with zero attached hydrogens (tertiary/aromatic N) is 1. The second-order valence-electron chi connectivity index (χ2n) is 7.66. The van der Waals surface area contributed by atoms with Gasteiger partial charge in [0.1, 0.15) is 0 Å². The van der Waals surface area contributed by atoms with Crippen LogP contribution in [-0.4, -0.2) is 29.7 Å². The minimum absolute atomic E-state index is 0. The van der Waals surface area contributed by atoms with Crippen LogP contribution < -0.4 is 0 Å². The number of aliphatic hydroxyl groups excluding tert-OH is 1. The number of unbranched alkanes of at least 4 members (excludes halogenated alkanes) is 13. The summed E-state index contributed by atoms with van der Waals surface area (Å²) in [5.41, 5.74) is 1.28. The van der Waals surface area contributed by atoms with Crippen LogP contribution in [0.5, 0.6) is 0 Å². The van der Waals surface area contributed by atoms with Crippen LogP contribution in [0.25, 0.3) is 0 Å². The van der Waals surface area contributed by atoms with E-state index < -0.39 is 0 Å². The molecule has 1 aliphatic rings. The molecule has 26 heavy (non-hydrogen) atoms. The van der Waals surface area contributed by atoms with Crippen molar-refractivity contribution in [2.75, 3.05) is 19.7 Å². The zero-order chi connectivity index (χ0) is 18.0. The molecule has 0 saturated carbocycles. The van der Waals surface area contributed by atoms with Gasteiger partial charge in [-0.1, -0.05) is 96.5 Å². The fourth-order valence-corrected chi connectivity index (χ4v) is 3.55. The van der Waals surface area contributed by atoms with Crippen molar-refractivity contribution in [2.24, 2.45) is 0 Å². The smallest absolute Gasteiger partial charge is 0.0471 e. The van der Waals surface area contributed by atoms with Crippen LogP contribution >= 0.6 is 17.0 Å². The zero-order valence-electron chi connectivity index (χ0n) is 17.3. The van der Waals surface area contributed by atoms with Gasteiger partial charge >= 0.3 is 0 Å². The number of hydrogen-bond donors (Lipinski definition) is 1. The summed E-state index contributed by atoms with van der Waals surface area (Å²) in [6, 6.07) is 0. The third-order valence-corrected chi connectivity index (χ3v) is 5.29. The summed E-state index contributed by atoms with van der Waals surface area (Å²) in [7, 11) is 0. The van der Waals surface area contributed by atoms with Crippen molar-refractivity contribution < 1.29 is 5.11 Å². The van der Waals surface area contributed by atoms with E-state index >= 15 is 0 Å². The molecule has 2 nitrogen and oxygen atoms in total. The molecule has 0 fully saturated rings. The summed E-state index contributed by atoms with van der Waals surface area (Å²) in [5, 5.41) is 8.94. The maximum atomic E-state index is 8.94. The molecule has 0 saturated heterocycles. The van der Waals surface area contributed by atoms with Crippen LogP contribution in [0, 0.1) is 0 Å². The molecule has 0 radical (unpaired) electrons. The molecule has 1 N–H and O–H groups in total. The van der Waals surface area contributed by atoms with Gasteiger partial charge in [-0.3, -0.25) is 0 Å². The molecular formula is C23H44BrNO. The van der Waals surface area contributed by atoms with Crippen molar-refractivity contribution in [2.45, 2.75) is 103 Å². The summed E-state index contributed by atoms with van der Waals surface area (Å²) >= 11 is 0. The quantitative estimate of drug-likeness (QED) is 0.247. The molecule has 0 atom stereocenters. The van der Waals surface area contributed by atoms with Crippen molar-refractivity contribution >= 4 is 17.0 Å². The third-order valence-electron chi connectivity index (χ3n) is 5.29. The molecule has 0 spiro atoms. The first-order chi connectivity index (χ1) is 12.4. The van der Waals surface area contributed by atoms with Crippen molar-refractivity contribution in [1.82, 2.24) is 4.90 Å². The molecule has 0 aromatic carbocycles. The van der Waals surface area contributed by atoms with Gasteiger partial charge in [0.05, 0.1) is 0 Å². The lowest BCUT2D eigenvalue weighted by atomic mass is 10.0. The van der Waals surface area contributed by atoms with Gasteiger partial charge in [-0.05, 0) is 30.7 Å². The molecule has 0 aromatic heterocycles. The highest BCUT2D eigenvalue weighted by atomic mass is 79.9. The fraction of sp³-hybridized carbons (Fsp3) is 0.826. The summed E-state index contributed by atoms with van der Waals surface area (Å²) in [5.74, 6) is 0. The molecule has 1 heterocycles. The van der Waals surface area contributed by atoms with E-state index in [9.17, 15) is 0 Å². The maximum Gasteiger partial charge on any atom is 0.0471 e. The maximum absolute atomic E-state index is 8.94. The molecule has 154 valence electrons. The Morgan fingerprint density at radius 3 is 1.73 bits per heavy atom. The van der Waals surface area contributed by atoms with Crippen LogP contribution in [0.15, 0.2) is 23.9 Å². The third kappa shape index (κ3) is 14.8. The Balaban J connectivity index is 0.00000625. The van der Waals surface area contributed by atoms with Gasteiger partial charge in [0.15, 0.2) is 0 Å². The highest BCUT2D eigenvalue weighted by molar-refractivity contribution is 8.93. The Bertz CT molecular complexity index is 354. The average Bonchev–Trinajstić information content (AvgIpc) is 2.63. The van der Waals surface area contributed by atoms with Crippen LogP contribution in [-0.2, 0) is 0 Å². The van der Waals surface area contributed by atoms with Crippen molar-refractivity contribution in [3.05, 3.63) is 23.9 Å². The Labute approximate surface area is 173 Å². The van der Waals surface area contributed by atoms with Gasteiger partial charge in [-0.2, -0.15) is 0 Å². The van der Waals surface area contributed by atoms with Gasteiger partial charge in [0.2, 0.25) is 0 Å². The Morgan fingerprint density at radius 1 is 0.808 bits per heavy atom. The monoisotopic (exact) mass is 429 g/mol. The van der Waals surface area contributed by atoms with Gasteiger partial charge in [-0.25, -0.2) is 0 Å². The number of hydrogen-bond acceptors (Lipinski definition) is 2. The summed E-state index contributed by atoms with van der Waals surface area (Å²) in [4.78, 5) is 2.39. The highest BCUT2D eigenvalue weighted by Crippen LogP contribution is 2.14. The Morgan fingerprint density at radius 2 is 1.31 bits per heavy atom. The van der Waals surface area contributed by atoms with E-state index in [1.54, 1.807) is 0 Å². The SMILES string of the molecule is Br.CCCCCCCCCCCCCCCCN1C=CC(CCO)=CC1. The molecule has 3 heteroatoms. The predicted molar refractivity (Wildman–Crippen MR) is 121 cm³/mol. The molecule has 0 aliphatic carbocycles. The van der Waals surface area contributed by atoms with E-state index in [0.29, 0.717) is 0 Å². The molecule has 1 aliphatic heterocycles. The first-order valence-electron chi connectivity index (χ1n) is 11.1. The van der Waals surface area contributed by atoms with E-state index in [2.05, 4.69) is 30.2 Å². The van der Waals surface area contributed by atoms with Gasteiger partial charge < -0.3 is 10.0 Å². The van der Waals surface area contributed by atoms with E-state index in [1.807, 2.05) is 0 Å². The number of allylic oxidation sites excluding steroid dienone is 1. The zero-order valence-corrected chi connectivity index (χ0v) is 19.0. The highest BCUT2D eigenvalue weighted by Gasteiger charge is 2.03. The van der Waals surface area contributed by atoms with E-state index in [1.165, 1.54) is 102 Å². The van der Waals surface area contributed by atoms with E-state index in [-0.39, 0.29) is 23.6 Å². The Kier molecular flexibility index (Phi) is 19.3. The van der Waals surface area contributed by atoms with Gasteiger partial charge in [0.25, 0.3) is 0 Å². The second kappa shape index (κ2) is 19.5. The number of aliphatic hydroxyl groups is 1. The lowest BCUT2D eigenvalue weighted by Gasteiger charge is -2.22. The predicted octanol–water partition coefficient (Wildman–Crippen LogP) is 7.18. The van der Waals surface area contributed by atoms with E-state index in [4.69, 9.17) is 5.11 Å². The lowest BCUT2D eigenvalue weighted by molar-refractivity contribution is 0.299. The minimum atomic E-state index is 0. The summed E-state index contributed by atoms with van der Waals surface area (Å²) in [6.45, 7) is 4.74. The normalized spacial score (nSPS) is 13.6. The van der Waals surface area contributed by atoms with Gasteiger partial charge in [0, 0.05) is 19.7 Å². The molecular weight excluding hydrogens is 386 g/mol. The van der Waals surface area contributed by atoms with Crippen molar-refractivity contribution in [3.63, 3.8) is 0 Å². The van der Waals surface area contributed by atoms with Crippen LogP contribution in [0.4, 0.5) is 0 Å². The van der Waals surface area contributed by atoms with E-state index in [0.717, 1.165) is 13.0 Å². The van der Waals surface area contributed by atoms with Crippen molar-refractivity contribution in [3.8, 4) is 0 Å². The molecule has 0 bridgehead atoms. The standard InChI is InChI=1S/C23H43NO.BrH/c1-2-3-4-5-6-7-8-9-10-11-12-13-14-15-19-24-20-16-23(17-21-24)18-22-25;/h16-17,20,25H,2-15,18-19,21-22H2,1H3;1H. The lowest BCUT2D eigenvalue weighted by Crippen LogP contribution is -2.21. The molecule has 0 aromatic rings. The topological polar surface area (TPSA) is 23.5 Å². The average molecular weight is 431 g/mol.